The van der Waals surface area contributed by atoms with Crippen LogP contribution >= 0.6 is 12.2 Å². The van der Waals surface area contributed by atoms with E-state index in [1.54, 1.807) is 0 Å². The van der Waals surface area contributed by atoms with E-state index in [9.17, 15) is 4.79 Å². The molecule has 3 heterocycles. The summed E-state index contributed by atoms with van der Waals surface area (Å²) < 4.78 is 2.31. The summed E-state index contributed by atoms with van der Waals surface area (Å²) in [7, 11) is 0. The van der Waals surface area contributed by atoms with Gasteiger partial charge in [-0.25, -0.2) is 0 Å². The highest BCUT2D eigenvalue weighted by Crippen LogP contribution is 2.41. The number of thiocarbonyl (C=S) groups is 1. The number of benzene rings is 2. The van der Waals surface area contributed by atoms with Crippen molar-refractivity contribution in [3.05, 3.63) is 113 Å². The van der Waals surface area contributed by atoms with Crippen molar-refractivity contribution in [2.24, 2.45) is 0 Å². The Morgan fingerprint density at radius 2 is 1.77 bits per heavy atom. The van der Waals surface area contributed by atoms with Crippen LogP contribution in [0.4, 0.5) is 5.69 Å². The van der Waals surface area contributed by atoms with Crippen LogP contribution in [0.15, 0.2) is 79.0 Å². The predicted octanol–water partition coefficient (Wildman–Crippen LogP) is 6.36. The molecule has 4 aromatic rings. The van der Waals surface area contributed by atoms with Crippen molar-refractivity contribution >= 4 is 28.9 Å². The Kier molecular flexibility index (Phi) is 7.79. The minimum absolute atomic E-state index is 0.0240. The first-order valence-corrected chi connectivity index (χ1v) is 13.9. The highest BCUT2D eigenvalue weighted by atomic mass is 32.1. The SMILES string of the molecule is CCc1ccccc1NC(=O)CCN1C(=S)N[C@@H](c2ccccn2)[C@H]1c1cc(C)n(-c2ccccc2C)c1C. The molecule has 39 heavy (non-hydrogen) atoms. The zero-order chi connectivity index (χ0) is 27.5. The summed E-state index contributed by atoms with van der Waals surface area (Å²) in [6.45, 7) is 9.03. The van der Waals surface area contributed by atoms with Crippen molar-refractivity contribution in [2.75, 3.05) is 11.9 Å². The summed E-state index contributed by atoms with van der Waals surface area (Å²) in [6.07, 6.45) is 3.00. The smallest absolute Gasteiger partial charge is 0.226 e. The Labute approximate surface area is 236 Å². The van der Waals surface area contributed by atoms with Crippen LogP contribution in [0.3, 0.4) is 0 Å². The standard InChI is InChI=1S/C32H35N5OS/c1-5-24-13-7-8-14-26(24)34-29(38)17-19-36-31(30(35-32(36)39)27-15-10-11-18-33-27)25-20-22(3)37(23(25)4)28-16-9-6-12-21(28)2/h6-16,18,20,30-31H,5,17,19H2,1-4H3,(H,34,38)(H,35,39)/t30-,31+/m0/s1. The van der Waals surface area contributed by atoms with Gasteiger partial charge in [0.25, 0.3) is 0 Å². The van der Waals surface area contributed by atoms with Gasteiger partial charge in [0.05, 0.1) is 17.8 Å². The number of carbonyl (C=O) groups is 1. The Bertz CT molecular complexity index is 1500. The summed E-state index contributed by atoms with van der Waals surface area (Å²) in [5, 5.41) is 7.26. The number of hydrogen-bond donors (Lipinski definition) is 2. The maximum atomic E-state index is 13.1. The third kappa shape index (κ3) is 5.32. The number of amides is 1. The van der Waals surface area contributed by atoms with Gasteiger partial charge in [0.2, 0.25) is 5.91 Å². The number of nitrogens with zero attached hydrogens (tertiary/aromatic N) is 3. The molecule has 0 aliphatic carbocycles. The first-order chi connectivity index (χ1) is 18.9. The van der Waals surface area contributed by atoms with Crippen LogP contribution in [0.1, 0.15) is 59.2 Å². The molecule has 1 saturated heterocycles. The molecule has 1 amide bonds. The van der Waals surface area contributed by atoms with E-state index in [0.29, 0.717) is 18.1 Å². The molecule has 200 valence electrons. The summed E-state index contributed by atoms with van der Waals surface area (Å²) in [6, 6.07) is 24.4. The van der Waals surface area contributed by atoms with Gasteiger partial charge in [-0.05, 0) is 86.4 Å². The first-order valence-electron chi connectivity index (χ1n) is 13.5. The Morgan fingerprint density at radius 1 is 1.03 bits per heavy atom. The quantitative estimate of drug-likeness (QED) is 0.256. The second kappa shape index (κ2) is 11.4. The monoisotopic (exact) mass is 537 g/mol. The lowest BCUT2D eigenvalue weighted by Gasteiger charge is -2.28. The molecule has 0 saturated carbocycles. The topological polar surface area (TPSA) is 62.2 Å². The van der Waals surface area contributed by atoms with E-state index >= 15 is 0 Å². The fourth-order valence-electron chi connectivity index (χ4n) is 5.64. The van der Waals surface area contributed by atoms with Crippen molar-refractivity contribution < 1.29 is 4.79 Å². The second-order valence-corrected chi connectivity index (χ2v) is 10.5. The normalized spacial score (nSPS) is 16.8. The third-order valence-electron chi connectivity index (χ3n) is 7.60. The summed E-state index contributed by atoms with van der Waals surface area (Å²) in [5.41, 5.74) is 8.80. The number of para-hydroxylation sites is 2. The molecule has 2 aromatic heterocycles. The maximum absolute atomic E-state index is 13.1. The molecule has 1 aliphatic heterocycles. The van der Waals surface area contributed by atoms with E-state index in [2.05, 4.69) is 83.1 Å². The van der Waals surface area contributed by atoms with Crippen LogP contribution in [0.2, 0.25) is 0 Å². The number of rotatable bonds is 8. The largest absolute Gasteiger partial charge is 0.352 e. The second-order valence-electron chi connectivity index (χ2n) is 10.1. The van der Waals surface area contributed by atoms with E-state index in [4.69, 9.17) is 12.2 Å². The molecule has 2 N–H and O–H groups in total. The lowest BCUT2D eigenvalue weighted by Crippen LogP contribution is -2.33. The molecule has 0 spiro atoms. The molecule has 1 aliphatic rings. The van der Waals surface area contributed by atoms with Gasteiger partial charge in [-0.15, -0.1) is 0 Å². The lowest BCUT2D eigenvalue weighted by molar-refractivity contribution is -0.116. The number of pyridine rings is 1. The maximum Gasteiger partial charge on any atom is 0.226 e. The zero-order valence-electron chi connectivity index (χ0n) is 22.9. The first kappa shape index (κ1) is 26.6. The van der Waals surface area contributed by atoms with Crippen LogP contribution in [-0.2, 0) is 11.2 Å². The molecular formula is C32H35N5OS. The van der Waals surface area contributed by atoms with E-state index in [1.165, 1.54) is 16.8 Å². The lowest BCUT2D eigenvalue weighted by atomic mass is 9.96. The van der Waals surface area contributed by atoms with Gasteiger partial charge in [-0.2, -0.15) is 0 Å². The zero-order valence-corrected chi connectivity index (χ0v) is 23.8. The molecule has 1 fully saturated rings. The molecule has 2 aromatic carbocycles. The van der Waals surface area contributed by atoms with E-state index < -0.39 is 0 Å². The average Bonchev–Trinajstić information content (AvgIpc) is 3.42. The van der Waals surface area contributed by atoms with Crippen LogP contribution in [-0.4, -0.2) is 32.0 Å². The van der Waals surface area contributed by atoms with E-state index in [-0.39, 0.29) is 18.0 Å². The molecule has 0 bridgehead atoms. The third-order valence-corrected chi connectivity index (χ3v) is 7.95. The van der Waals surface area contributed by atoms with Crippen molar-refractivity contribution in [3.8, 4) is 5.69 Å². The van der Waals surface area contributed by atoms with E-state index in [1.807, 2.05) is 48.7 Å². The Hall–Kier alpha value is -3.97. The number of aryl methyl sites for hydroxylation is 3. The number of hydrogen-bond acceptors (Lipinski definition) is 3. The van der Waals surface area contributed by atoms with Gasteiger partial charge in [-0.3, -0.25) is 9.78 Å². The molecule has 2 atom stereocenters. The van der Waals surface area contributed by atoms with Gasteiger partial charge < -0.3 is 20.1 Å². The van der Waals surface area contributed by atoms with Gasteiger partial charge in [-0.1, -0.05) is 49.4 Å². The van der Waals surface area contributed by atoms with Crippen molar-refractivity contribution in [3.63, 3.8) is 0 Å². The van der Waals surface area contributed by atoms with E-state index in [0.717, 1.165) is 34.8 Å². The number of aromatic nitrogens is 2. The molecule has 6 nitrogen and oxygen atoms in total. The Morgan fingerprint density at radius 3 is 2.51 bits per heavy atom. The summed E-state index contributed by atoms with van der Waals surface area (Å²) in [5.74, 6) is -0.0240. The van der Waals surface area contributed by atoms with Crippen molar-refractivity contribution in [1.29, 1.82) is 0 Å². The summed E-state index contributed by atoms with van der Waals surface area (Å²) >= 11 is 5.86. The number of anilines is 1. The predicted molar refractivity (Wildman–Crippen MR) is 161 cm³/mol. The fraction of sp³-hybridized carbons (Fsp3) is 0.281. The Balaban J connectivity index is 1.47. The van der Waals surface area contributed by atoms with Crippen molar-refractivity contribution in [2.45, 2.75) is 52.6 Å². The molecule has 0 radical (unpaired) electrons. The number of carbonyl (C=O) groups excluding carboxylic acids is 1. The average molecular weight is 538 g/mol. The minimum atomic E-state index is -0.131. The van der Waals surface area contributed by atoms with Crippen molar-refractivity contribution in [1.82, 2.24) is 19.8 Å². The van der Waals surface area contributed by atoms with Crippen LogP contribution in [0, 0.1) is 20.8 Å². The highest BCUT2D eigenvalue weighted by molar-refractivity contribution is 7.80. The van der Waals surface area contributed by atoms with Gasteiger partial charge in [0.15, 0.2) is 5.11 Å². The van der Waals surface area contributed by atoms with Crippen LogP contribution < -0.4 is 10.6 Å². The molecule has 0 unspecified atom stereocenters. The van der Waals surface area contributed by atoms with Gasteiger partial charge >= 0.3 is 0 Å². The van der Waals surface area contributed by atoms with Gasteiger partial charge in [0, 0.05) is 41.9 Å². The summed E-state index contributed by atoms with van der Waals surface area (Å²) in [4.78, 5) is 19.9. The van der Waals surface area contributed by atoms with Crippen LogP contribution in [0.5, 0.6) is 0 Å². The fourth-order valence-corrected chi connectivity index (χ4v) is 5.97. The number of nitrogens with one attached hydrogen (secondary N) is 2. The highest BCUT2D eigenvalue weighted by Gasteiger charge is 2.41. The minimum Gasteiger partial charge on any atom is -0.352 e. The molecule has 5 rings (SSSR count). The van der Waals surface area contributed by atoms with Crippen LogP contribution in [0.25, 0.3) is 5.69 Å². The molecule has 7 heteroatoms. The van der Waals surface area contributed by atoms with Gasteiger partial charge in [0.1, 0.15) is 0 Å². The molecular weight excluding hydrogens is 502 g/mol.